The van der Waals surface area contributed by atoms with Crippen molar-refractivity contribution in [3.8, 4) is 0 Å². The lowest BCUT2D eigenvalue weighted by molar-refractivity contribution is 0.0870. The summed E-state index contributed by atoms with van der Waals surface area (Å²) >= 11 is 0. The van der Waals surface area contributed by atoms with Crippen LogP contribution in [0.15, 0.2) is 36.4 Å². The highest BCUT2D eigenvalue weighted by atomic mass is 19.1. The fourth-order valence-electron chi connectivity index (χ4n) is 2.85. The van der Waals surface area contributed by atoms with Gasteiger partial charge in [-0.1, -0.05) is 37.6 Å². The van der Waals surface area contributed by atoms with Crippen LogP contribution in [0.4, 0.5) is 4.39 Å². The molecule has 1 aliphatic heterocycles. The van der Waals surface area contributed by atoms with E-state index in [1.165, 1.54) is 24.5 Å². The first kappa shape index (κ1) is 15.2. The van der Waals surface area contributed by atoms with E-state index in [0.717, 1.165) is 24.9 Å². The number of hydrogen-bond acceptors (Lipinski definition) is 2. The Morgan fingerprint density at radius 1 is 1.50 bits per heavy atom. The summed E-state index contributed by atoms with van der Waals surface area (Å²) in [5.41, 5.74) is 5.80. The lowest BCUT2D eigenvalue weighted by Crippen LogP contribution is -2.49. The van der Waals surface area contributed by atoms with E-state index in [1.807, 2.05) is 6.07 Å². The molecular formula is C17H25FN2. The number of halogens is 1. The van der Waals surface area contributed by atoms with Crippen LogP contribution in [0, 0.1) is 5.82 Å². The predicted octanol–water partition coefficient (Wildman–Crippen LogP) is 4.21. The van der Waals surface area contributed by atoms with Crippen molar-refractivity contribution in [2.24, 2.45) is 0 Å². The highest BCUT2D eigenvalue weighted by Gasteiger charge is 2.25. The second-order valence-corrected chi connectivity index (χ2v) is 5.62. The van der Waals surface area contributed by atoms with Crippen molar-refractivity contribution in [2.45, 2.75) is 51.6 Å². The third-order valence-corrected chi connectivity index (χ3v) is 4.14. The van der Waals surface area contributed by atoms with Crippen LogP contribution in [0.1, 0.15) is 51.1 Å². The van der Waals surface area contributed by atoms with Gasteiger partial charge in [0.05, 0.1) is 0 Å². The Morgan fingerprint density at radius 2 is 2.30 bits per heavy atom. The average molecular weight is 276 g/mol. The van der Waals surface area contributed by atoms with Gasteiger partial charge in [-0.15, -0.1) is 0 Å². The van der Waals surface area contributed by atoms with Gasteiger partial charge in [-0.2, -0.15) is 0 Å². The highest BCUT2D eigenvalue weighted by Crippen LogP contribution is 2.24. The molecule has 1 aromatic carbocycles. The van der Waals surface area contributed by atoms with E-state index in [-0.39, 0.29) is 11.9 Å². The first-order chi connectivity index (χ1) is 9.61. The summed E-state index contributed by atoms with van der Waals surface area (Å²) in [6.07, 6.45) is 4.64. The molecule has 3 heteroatoms. The van der Waals surface area contributed by atoms with Crippen LogP contribution < -0.4 is 5.43 Å². The van der Waals surface area contributed by atoms with E-state index >= 15 is 0 Å². The first-order valence-corrected chi connectivity index (χ1v) is 7.57. The van der Waals surface area contributed by atoms with Gasteiger partial charge in [-0.05, 0) is 43.9 Å². The Morgan fingerprint density at radius 3 is 3.00 bits per heavy atom. The van der Waals surface area contributed by atoms with Crippen LogP contribution in [0.25, 0.3) is 0 Å². The third kappa shape index (κ3) is 3.68. The molecule has 20 heavy (non-hydrogen) atoms. The van der Waals surface area contributed by atoms with Crippen LogP contribution in [-0.2, 0) is 0 Å². The number of nitrogens with zero attached hydrogens (tertiary/aromatic N) is 1. The first-order valence-electron chi connectivity index (χ1n) is 7.57. The van der Waals surface area contributed by atoms with E-state index < -0.39 is 0 Å². The average Bonchev–Trinajstić information content (AvgIpc) is 2.47. The monoisotopic (exact) mass is 276 g/mol. The largest absolute Gasteiger partial charge is 0.247 e. The molecule has 0 bridgehead atoms. The van der Waals surface area contributed by atoms with Crippen molar-refractivity contribution in [1.29, 1.82) is 0 Å². The topological polar surface area (TPSA) is 15.3 Å². The van der Waals surface area contributed by atoms with Crippen molar-refractivity contribution in [2.75, 3.05) is 6.54 Å². The minimum absolute atomic E-state index is 0.107. The predicted molar refractivity (Wildman–Crippen MR) is 81.7 cm³/mol. The second-order valence-electron chi connectivity index (χ2n) is 5.62. The number of hydrogen-bond donors (Lipinski definition) is 1. The van der Waals surface area contributed by atoms with Crippen molar-refractivity contribution in [3.63, 3.8) is 0 Å². The maximum Gasteiger partial charge on any atom is 0.123 e. The summed E-state index contributed by atoms with van der Waals surface area (Å²) in [5, 5.41) is 2.30. The standard InChI is InChI=1S/C17H25FN2/c1-4-13(2)17-10-5-6-11-20(17)19-14(3)15-8-7-9-16(18)12-15/h7-9,12,14,17,19H,2,4-6,10-11H2,1,3H3/t14?,17-/m1/s1. The number of rotatable bonds is 5. The van der Waals surface area contributed by atoms with Gasteiger partial charge in [0.1, 0.15) is 5.82 Å². The number of benzene rings is 1. The van der Waals surface area contributed by atoms with Crippen LogP contribution in [-0.4, -0.2) is 17.6 Å². The zero-order valence-electron chi connectivity index (χ0n) is 12.5. The van der Waals surface area contributed by atoms with E-state index in [1.54, 1.807) is 12.1 Å². The Labute approximate surface area is 121 Å². The van der Waals surface area contributed by atoms with E-state index in [4.69, 9.17) is 0 Å². The van der Waals surface area contributed by atoms with Crippen LogP contribution in [0.5, 0.6) is 0 Å². The third-order valence-electron chi connectivity index (χ3n) is 4.14. The van der Waals surface area contributed by atoms with Gasteiger partial charge >= 0.3 is 0 Å². The summed E-state index contributed by atoms with van der Waals surface area (Å²) in [5.74, 6) is -0.177. The number of hydrazine groups is 1. The van der Waals surface area contributed by atoms with Crippen molar-refractivity contribution in [3.05, 3.63) is 47.8 Å². The van der Waals surface area contributed by atoms with Crippen molar-refractivity contribution >= 4 is 0 Å². The summed E-state index contributed by atoms with van der Waals surface area (Å²) < 4.78 is 13.3. The van der Waals surface area contributed by atoms with Gasteiger partial charge in [0, 0.05) is 18.6 Å². The van der Waals surface area contributed by atoms with Crippen molar-refractivity contribution in [1.82, 2.24) is 10.4 Å². The highest BCUT2D eigenvalue weighted by molar-refractivity contribution is 5.19. The Kier molecular flexibility index (Phi) is 5.32. The zero-order valence-corrected chi connectivity index (χ0v) is 12.5. The Hall–Kier alpha value is -1.19. The molecule has 0 aromatic heterocycles. The molecule has 1 N–H and O–H groups in total. The molecule has 1 heterocycles. The molecule has 1 saturated heterocycles. The minimum atomic E-state index is -0.177. The molecule has 2 nitrogen and oxygen atoms in total. The van der Waals surface area contributed by atoms with Gasteiger partial charge in [0.15, 0.2) is 0 Å². The SMILES string of the molecule is C=C(CC)[C@H]1CCCCN1NC(C)c1cccc(F)c1. The molecule has 2 atom stereocenters. The molecule has 1 aliphatic rings. The molecule has 0 radical (unpaired) electrons. The maximum absolute atomic E-state index is 13.3. The summed E-state index contributed by atoms with van der Waals surface area (Å²) in [6, 6.07) is 7.33. The normalized spacial score (nSPS) is 21.6. The summed E-state index contributed by atoms with van der Waals surface area (Å²) in [6.45, 7) is 9.47. The zero-order chi connectivity index (χ0) is 14.5. The van der Waals surface area contributed by atoms with Gasteiger partial charge in [-0.3, -0.25) is 0 Å². The summed E-state index contributed by atoms with van der Waals surface area (Å²) in [7, 11) is 0. The summed E-state index contributed by atoms with van der Waals surface area (Å²) in [4.78, 5) is 0. The Balaban J connectivity index is 2.04. The van der Waals surface area contributed by atoms with Gasteiger partial charge < -0.3 is 0 Å². The number of piperidine rings is 1. The Bertz CT molecular complexity index is 458. The van der Waals surface area contributed by atoms with Crippen molar-refractivity contribution < 1.29 is 4.39 Å². The minimum Gasteiger partial charge on any atom is -0.247 e. The van der Waals surface area contributed by atoms with E-state index in [2.05, 4.69) is 30.9 Å². The fourth-order valence-corrected chi connectivity index (χ4v) is 2.85. The lowest BCUT2D eigenvalue weighted by atomic mass is 9.96. The van der Waals surface area contributed by atoms with Crippen LogP contribution in [0.2, 0.25) is 0 Å². The molecule has 0 aliphatic carbocycles. The number of nitrogens with one attached hydrogen (secondary N) is 1. The molecule has 0 saturated carbocycles. The lowest BCUT2D eigenvalue weighted by Gasteiger charge is -2.39. The van der Waals surface area contributed by atoms with Crippen LogP contribution >= 0.6 is 0 Å². The molecule has 0 amide bonds. The van der Waals surface area contributed by atoms with E-state index in [0.29, 0.717) is 6.04 Å². The smallest absolute Gasteiger partial charge is 0.123 e. The molecular weight excluding hydrogens is 251 g/mol. The molecule has 0 spiro atoms. The van der Waals surface area contributed by atoms with Crippen LogP contribution in [0.3, 0.4) is 0 Å². The quantitative estimate of drug-likeness (QED) is 0.810. The molecule has 2 rings (SSSR count). The molecule has 1 fully saturated rings. The van der Waals surface area contributed by atoms with E-state index in [9.17, 15) is 4.39 Å². The maximum atomic E-state index is 13.3. The second kappa shape index (κ2) is 7.00. The molecule has 1 unspecified atom stereocenters. The molecule has 1 aromatic rings. The van der Waals surface area contributed by atoms with Gasteiger partial charge in [0.2, 0.25) is 0 Å². The van der Waals surface area contributed by atoms with Gasteiger partial charge in [0.25, 0.3) is 0 Å². The fraction of sp³-hybridized carbons (Fsp3) is 0.529. The molecule has 110 valence electrons. The van der Waals surface area contributed by atoms with Gasteiger partial charge in [-0.25, -0.2) is 14.8 Å².